The molecule has 0 radical (unpaired) electrons. The van der Waals surface area contributed by atoms with Crippen molar-refractivity contribution in [3.05, 3.63) is 24.0 Å². The van der Waals surface area contributed by atoms with Crippen molar-refractivity contribution in [2.45, 2.75) is 45.2 Å². The quantitative estimate of drug-likeness (QED) is 0.805. The Morgan fingerprint density at radius 3 is 3.29 bits per heavy atom. The smallest absolute Gasteiger partial charge is 0.140 e. The standard InChI is InChI=1S/C13H19N7O/c1-2-19-13(14-9-16-19)7-18-4-3-12-11(6-18)20-10(8-21-12)5-15-17-20/h5,9,11-12H,2-4,6-8H2,1H3/t11-,12+/m1/s1. The third-order valence-electron chi connectivity index (χ3n) is 4.37. The molecule has 112 valence electrons. The van der Waals surface area contributed by atoms with Crippen LogP contribution in [0.5, 0.6) is 0 Å². The van der Waals surface area contributed by atoms with Crippen molar-refractivity contribution >= 4 is 0 Å². The van der Waals surface area contributed by atoms with Gasteiger partial charge in [-0.15, -0.1) is 5.10 Å². The molecule has 2 aromatic heterocycles. The highest BCUT2D eigenvalue weighted by atomic mass is 16.5. The zero-order chi connectivity index (χ0) is 14.2. The third-order valence-corrected chi connectivity index (χ3v) is 4.37. The number of piperidine rings is 1. The number of aryl methyl sites for hydroxylation is 1. The van der Waals surface area contributed by atoms with E-state index >= 15 is 0 Å². The zero-order valence-corrected chi connectivity index (χ0v) is 12.1. The second-order valence-corrected chi connectivity index (χ2v) is 5.60. The first-order valence-electron chi connectivity index (χ1n) is 7.45. The molecule has 0 N–H and O–H groups in total. The van der Waals surface area contributed by atoms with Gasteiger partial charge in [0.2, 0.25) is 0 Å². The lowest BCUT2D eigenvalue weighted by Gasteiger charge is -2.40. The van der Waals surface area contributed by atoms with Gasteiger partial charge in [-0.3, -0.25) is 4.90 Å². The van der Waals surface area contributed by atoms with E-state index in [0.717, 1.165) is 44.1 Å². The Morgan fingerprint density at radius 2 is 2.38 bits per heavy atom. The van der Waals surface area contributed by atoms with E-state index in [9.17, 15) is 0 Å². The zero-order valence-electron chi connectivity index (χ0n) is 12.1. The molecule has 0 saturated carbocycles. The van der Waals surface area contributed by atoms with Crippen LogP contribution in [0.2, 0.25) is 0 Å². The molecule has 21 heavy (non-hydrogen) atoms. The van der Waals surface area contributed by atoms with Crippen LogP contribution in [0.3, 0.4) is 0 Å². The number of aromatic nitrogens is 6. The van der Waals surface area contributed by atoms with Gasteiger partial charge in [0.15, 0.2) is 0 Å². The number of hydrogen-bond donors (Lipinski definition) is 0. The molecule has 2 aliphatic rings. The van der Waals surface area contributed by atoms with Crippen LogP contribution < -0.4 is 0 Å². The number of hydrogen-bond acceptors (Lipinski definition) is 6. The van der Waals surface area contributed by atoms with Gasteiger partial charge < -0.3 is 4.74 Å². The number of likely N-dealkylation sites (tertiary alicyclic amines) is 1. The van der Waals surface area contributed by atoms with E-state index in [-0.39, 0.29) is 12.1 Å². The summed E-state index contributed by atoms with van der Waals surface area (Å²) in [6.45, 7) is 6.31. The van der Waals surface area contributed by atoms with Crippen LogP contribution in [0.15, 0.2) is 12.5 Å². The van der Waals surface area contributed by atoms with Crippen LogP contribution in [0.1, 0.15) is 30.9 Å². The highest BCUT2D eigenvalue weighted by Gasteiger charge is 2.36. The highest BCUT2D eigenvalue weighted by Crippen LogP contribution is 2.30. The fourth-order valence-corrected chi connectivity index (χ4v) is 3.26. The molecule has 2 aromatic rings. The Labute approximate surface area is 122 Å². The lowest BCUT2D eigenvalue weighted by atomic mass is 10.0. The predicted octanol–water partition coefficient (Wildman–Crippen LogP) is 0.235. The molecule has 8 nitrogen and oxygen atoms in total. The molecule has 0 aromatic carbocycles. The maximum absolute atomic E-state index is 5.93. The normalized spacial score (nSPS) is 25.6. The van der Waals surface area contributed by atoms with Gasteiger partial charge in [0.25, 0.3) is 0 Å². The molecule has 1 saturated heterocycles. The van der Waals surface area contributed by atoms with Crippen molar-refractivity contribution < 1.29 is 4.74 Å². The molecule has 2 atom stereocenters. The van der Waals surface area contributed by atoms with E-state index in [1.807, 2.05) is 9.36 Å². The number of fused-ring (bicyclic) bond motifs is 3. The first kappa shape index (κ1) is 12.9. The molecule has 0 amide bonds. The van der Waals surface area contributed by atoms with Crippen LogP contribution in [0.4, 0.5) is 0 Å². The largest absolute Gasteiger partial charge is 0.370 e. The van der Waals surface area contributed by atoms with E-state index in [0.29, 0.717) is 6.61 Å². The fourth-order valence-electron chi connectivity index (χ4n) is 3.26. The summed E-state index contributed by atoms with van der Waals surface area (Å²) in [6, 6.07) is 0.253. The minimum absolute atomic E-state index is 0.250. The first-order chi connectivity index (χ1) is 10.3. The average molecular weight is 289 g/mol. The Hall–Kier alpha value is -1.80. The summed E-state index contributed by atoms with van der Waals surface area (Å²) in [5.41, 5.74) is 1.06. The second kappa shape index (κ2) is 5.19. The summed E-state index contributed by atoms with van der Waals surface area (Å²) in [5, 5.41) is 12.5. The Kier molecular flexibility index (Phi) is 3.19. The van der Waals surface area contributed by atoms with Gasteiger partial charge in [-0.25, -0.2) is 14.3 Å². The van der Waals surface area contributed by atoms with Gasteiger partial charge >= 0.3 is 0 Å². The molecule has 2 aliphatic heterocycles. The van der Waals surface area contributed by atoms with E-state index < -0.39 is 0 Å². The third kappa shape index (κ3) is 2.24. The molecule has 0 spiro atoms. The van der Waals surface area contributed by atoms with Crippen molar-refractivity contribution in [3.8, 4) is 0 Å². The molecule has 1 fully saturated rings. The minimum Gasteiger partial charge on any atom is -0.370 e. The Morgan fingerprint density at radius 1 is 1.43 bits per heavy atom. The summed E-state index contributed by atoms with van der Waals surface area (Å²) in [6.07, 6.45) is 4.69. The molecular weight excluding hydrogens is 270 g/mol. The minimum atomic E-state index is 0.250. The van der Waals surface area contributed by atoms with Crippen LogP contribution in [0, 0.1) is 0 Å². The molecule has 0 aliphatic carbocycles. The molecule has 4 heterocycles. The fraction of sp³-hybridized carbons (Fsp3) is 0.692. The summed E-state index contributed by atoms with van der Waals surface area (Å²) < 4.78 is 9.92. The van der Waals surface area contributed by atoms with Crippen LogP contribution in [-0.2, 0) is 24.4 Å². The maximum Gasteiger partial charge on any atom is 0.140 e. The van der Waals surface area contributed by atoms with Crippen molar-refractivity contribution in [1.29, 1.82) is 0 Å². The predicted molar refractivity (Wildman–Crippen MR) is 73.2 cm³/mol. The average Bonchev–Trinajstić information content (AvgIpc) is 3.15. The van der Waals surface area contributed by atoms with Gasteiger partial charge in [-0.1, -0.05) is 5.21 Å². The topological polar surface area (TPSA) is 73.9 Å². The highest BCUT2D eigenvalue weighted by molar-refractivity contribution is 5.01. The van der Waals surface area contributed by atoms with Gasteiger partial charge in [-0.05, 0) is 13.3 Å². The number of rotatable bonds is 3. The second-order valence-electron chi connectivity index (χ2n) is 5.60. The van der Waals surface area contributed by atoms with E-state index in [1.54, 1.807) is 12.5 Å². The Balaban J connectivity index is 1.51. The first-order valence-corrected chi connectivity index (χ1v) is 7.45. The van der Waals surface area contributed by atoms with Crippen molar-refractivity contribution in [2.75, 3.05) is 13.1 Å². The van der Waals surface area contributed by atoms with Gasteiger partial charge in [0.1, 0.15) is 12.2 Å². The summed E-state index contributed by atoms with van der Waals surface area (Å²) >= 11 is 0. The molecule has 8 heteroatoms. The van der Waals surface area contributed by atoms with E-state index in [1.165, 1.54) is 0 Å². The molecule has 4 rings (SSSR count). The van der Waals surface area contributed by atoms with Crippen molar-refractivity contribution in [2.24, 2.45) is 0 Å². The van der Waals surface area contributed by atoms with E-state index in [2.05, 4.69) is 32.2 Å². The van der Waals surface area contributed by atoms with Crippen LogP contribution >= 0.6 is 0 Å². The van der Waals surface area contributed by atoms with Crippen molar-refractivity contribution in [1.82, 2.24) is 34.7 Å². The van der Waals surface area contributed by atoms with Crippen LogP contribution in [-0.4, -0.2) is 53.9 Å². The Bertz CT molecular complexity index is 622. The monoisotopic (exact) mass is 289 g/mol. The molecular formula is C13H19N7O. The summed E-state index contributed by atoms with van der Waals surface area (Å²) in [5.74, 6) is 1.02. The molecule has 0 unspecified atom stereocenters. The molecule has 0 bridgehead atoms. The van der Waals surface area contributed by atoms with Crippen molar-refractivity contribution in [3.63, 3.8) is 0 Å². The number of nitrogens with zero attached hydrogens (tertiary/aromatic N) is 7. The van der Waals surface area contributed by atoms with Crippen LogP contribution in [0.25, 0.3) is 0 Å². The SMILES string of the molecule is CCn1ncnc1CN1CC[C@@H]2OCc3cnnn3[C@@H]2C1. The van der Waals surface area contributed by atoms with Gasteiger partial charge in [0.05, 0.1) is 37.2 Å². The lowest BCUT2D eigenvalue weighted by molar-refractivity contribution is -0.0674. The summed E-state index contributed by atoms with van der Waals surface area (Å²) in [7, 11) is 0. The number of ether oxygens (including phenoxy) is 1. The maximum atomic E-state index is 5.93. The summed E-state index contributed by atoms with van der Waals surface area (Å²) in [4.78, 5) is 6.76. The lowest BCUT2D eigenvalue weighted by Crippen LogP contribution is -2.47. The van der Waals surface area contributed by atoms with Gasteiger partial charge in [0, 0.05) is 19.6 Å². The van der Waals surface area contributed by atoms with E-state index in [4.69, 9.17) is 4.74 Å². The van der Waals surface area contributed by atoms with Gasteiger partial charge in [-0.2, -0.15) is 5.10 Å².